The van der Waals surface area contributed by atoms with Gasteiger partial charge < -0.3 is 10.2 Å². The fourth-order valence-electron chi connectivity index (χ4n) is 4.70. The Hall–Kier alpha value is -1.50. The van der Waals surface area contributed by atoms with Gasteiger partial charge in [0.15, 0.2) is 0 Å². The number of rotatable bonds is 4. The molecule has 0 radical (unpaired) electrons. The van der Waals surface area contributed by atoms with Crippen LogP contribution in [0.3, 0.4) is 0 Å². The number of aromatic nitrogens is 1. The zero-order chi connectivity index (χ0) is 17.1. The maximum atomic E-state index is 12.6. The first kappa shape index (κ1) is 16.9. The van der Waals surface area contributed by atoms with E-state index in [2.05, 4.69) is 26.1 Å². The average Bonchev–Trinajstić information content (AvgIpc) is 3.17. The molecule has 3 fully saturated rings. The Balaban J connectivity index is 1.28. The molecule has 1 aromatic rings. The zero-order valence-corrected chi connectivity index (χ0v) is 14.8. The number of piperidine rings is 2. The highest BCUT2D eigenvalue weighted by Crippen LogP contribution is 2.30. The molecule has 4 atom stereocenters. The molecule has 25 heavy (non-hydrogen) atoms. The molecule has 0 bridgehead atoms. The highest BCUT2D eigenvalue weighted by atomic mass is 16.2. The lowest BCUT2D eigenvalue weighted by Crippen LogP contribution is -2.52. The van der Waals surface area contributed by atoms with Crippen molar-refractivity contribution in [1.29, 1.82) is 0 Å². The van der Waals surface area contributed by atoms with E-state index in [4.69, 9.17) is 0 Å². The first-order valence-electron chi connectivity index (χ1n) is 9.74. The van der Waals surface area contributed by atoms with Crippen LogP contribution in [0, 0.1) is 5.92 Å². The van der Waals surface area contributed by atoms with Crippen LogP contribution in [-0.2, 0) is 4.79 Å². The Bertz CT molecular complexity index is 578. The Morgan fingerprint density at radius 1 is 1.24 bits per heavy atom. The molecule has 4 heterocycles. The number of hydrazine groups is 1. The maximum Gasteiger partial charge on any atom is 0.238 e. The van der Waals surface area contributed by atoms with Crippen molar-refractivity contribution in [3.63, 3.8) is 0 Å². The molecule has 3 N–H and O–H groups in total. The largest absolute Gasteiger partial charge is 0.354 e. The summed E-state index contributed by atoms with van der Waals surface area (Å²) in [4.78, 5) is 19.4. The van der Waals surface area contributed by atoms with Gasteiger partial charge in [-0.2, -0.15) is 0 Å². The topological polar surface area (TPSA) is 69.3 Å². The van der Waals surface area contributed by atoms with E-state index >= 15 is 0 Å². The van der Waals surface area contributed by atoms with Gasteiger partial charge in [0.2, 0.25) is 5.91 Å². The van der Waals surface area contributed by atoms with Crippen LogP contribution in [0.5, 0.6) is 0 Å². The molecule has 6 nitrogen and oxygen atoms in total. The van der Waals surface area contributed by atoms with Crippen LogP contribution in [-0.4, -0.2) is 47.5 Å². The first-order chi connectivity index (χ1) is 12.3. The van der Waals surface area contributed by atoms with Crippen LogP contribution in [0.4, 0.5) is 0 Å². The fourth-order valence-corrected chi connectivity index (χ4v) is 4.70. The third-order valence-corrected chi connectivity index (χ3v) is 6.07. The van der Waals surface area contributed by atoms with Crippen LogP contribution in [0.15, 0.2) is 24.5 Å². The van der Waals surface area contributed by atoms with E-state index in [0.29, 0.717) is 12.0 Å². The normalized spacial score (nSPS) is 33.0. The molecule has 0 saturated carbocycles. The molecular weight excluding hydrogens is 314 g/mol. The van der Waals surface area contributed by atoms with Gasteiger partial charge in [-0.25, -0.2) is 10.9 Å². The van der Waals surface area contributed by atoms with E-state index in [-0.39, 0.29) is 18.0 Å². The van der Waals surface area contributed by atoms with Gasteiger partial charge in [-0.3, -0.25) is 9.78 Å². The van der Waals surface area contributed by atoms with Crippen molar-refractivity contribution in [2.45, 2.75) is 56.7 Å². The van der Waals surface area contributed by atoms with E-state index in [0.717, 1.165) is 18.5 Å². The lowest BCUT2D eigenvalue weighted by molar-refractivity contribution is -0.123. The van der Waals surface area contributed by atoms with Gasteiger partial charge in [0.1, 0.15) is 6.04 Å². The molecule has 3 saturated heterocycles. The molecule has 4 unspecified atom stereocenters. The predicted octanol–water partition coefficient (Wildman–Crippen LogP) is 1.37. The van der Waals surface area contributed by atoms with Gasteiger partial charge in [-0.1, -0.05) is 12.5 Å². The summed E-state index contributed by atoms with van der Waals surface area (Å²) in [5.41, 5.74) is 7.50. The minimum atomic E-state index is -0.170. The molecule has 4 rings (SSSR count). The number of pyridine rings is 1. The minimum Gasteiger partial charge on any atom is -0.354 e. The standard InChI is InChI=1S/C19H29N5O/c25-19(17-11-16(22-23-17)14-5-3-8-20-12-14)21-13-15-6-4-10-24-9-2-1-7-18(15)24/h3,5,8,12,15-18,22-23H,1-2,4,6-7,9-11,13H2,(H,21,25). The van der Waals surface area contributed by atoms with E-state index in [9.17, 15) is 4.79 Å². The number of hydrogen-bond donors (Lipinski definition) is 3. The second kappa shape index (κ2) is 7.81. The summed E-state index contributed by atoms with van der Waals surface area (Å²) in [6.45, 7) is 3.31. The van der Waals surface area contributed by atoms with Gasteiger partial charge in [0, 0.05) is 31.0 Å². The van der Waals surface area contributed by atoms with Crippen molar-refractivity contribution in [3.05, 3.63) is 30.1 Å². The van der Waals surface area contributed by atoms with E-state index in [1.54, 1.807) is 6.20 Å². The summed E-state index contributed by atoms with van der Waals surface area (Å²) in [5.74, 6) is 0.730. The molecule has 3 aliphatic heterocycles. The molecular formula is C19H29N5O. The molecule has 0 aliphatic carbocycles. The molecule has 6 heteroatoms. The van der Waals surface area contributed by atoms with Gasteiger partial charge in [-0.15, -0.1) is 0 Å². The number of nitrogens with zero attached hydrogens (tertiary/aromatic N) is 2. The second-order valence-electron chi connectivity index (χ2n) is 7.66. The molecule has 0 aromatic carbocycles. The molecule has 0 spiro atoms. The summed E-state index contributed by atoms with van der Waals surface area (Å²) in [6.07, 6.45) is 10.9. The number of hydrogen-bond acceptors (Lipinski definition) is 5. The average molecular weight is 343 g/mol. The van der Waals surface area contributed by atoms with Crippen molar-refractivity contribution in [3.8, 4) is 0 Å². The van der Waals surface area contributed by atoms with Crippen molar-refractivity contribution in [2.75, 3.05) is 19.6 Å². The van der Waals surface area contributed by atoms with Crippen molar-refractivity contribution < 1.29 is 4.79 Å². The van der Waals surface area contributed by atoms with Crippen molar-refractivity contribution >= 4 is 5.91 Å². The highest BCUT2D eigenvalue weighted by Gasteiger charge is 2.34. The van der Waals surface area contributed by atoms with Gasteiger partial charge in [-0.05, 0) is 62.7 Å². The first-order valence-corrected chi connectivity index (χ1v) is 9.74. The van der Waals surface area contributed by atoms with Crippen LogP contribution >= 0.6 is 0 Å². The SMILES string of the molecule is O=C(NCC1CCCN2CCCCC12)C1CC(c2cccnc2)NN1. The van der Waals surface area contributed by atoms with Crippen LogP contribution in [0.25, 0.3) is 0 Å². The third kappa shape index (κ3) is 3.86. The molecule has 1 aromatic heterocycles. The van der Waals surface area contributed by atoms with E-state index in [1.807, 2.05) is 18.3 Å². The Labute approximate surface area is 149 Å². The summed E-state index contributed by atoms with van der Waals surface area (Å²) in [5, 5.41) is 3.22. The summed E-state index contributed by atoms with van der Waals surface area (Å²) >= 11 is 0. The Morgan fingerprint density at radius 2 is 2.16 bits per heavy atom. The number of nitrogens with one attached hydrogen (secondary N) is 3. The monoisotopic (exact) mass is 343 g/mol. The number of carbonyl (C=O) groups excluding carboxylic acids is 1. The van der Waals surface area contributed by atoms with Crippen LogP contribution < -0.4 is 16.2 Å². The smallest absolute Gasteiger partial charge is 0.238 e. The summed E-state index contributed by atoms with van der Waals surface area (Å²) < 4.78 is 0. The molecule has 3 aliphatic rings. The maximum absolute atomic E-state index is 12.6. The van der Waals surface area contributed by atoms with Crippen LogP contribution in [0.1, 0.15) is 50.1 Å². The number of amides is 1. The fraction of sp³-hybridized carbons (Fsp3) is 0.684. The Morgan fingerprint density at radius 3 is 3.04 bits per heavy atom. The van der Waals surface area contributed by atoms with Gasteiger partial charge in [0.25, 0.3) is 0 Å². The molecule has 136 valence electrons. The van der Waals surface area contributed by atoms with Crippen molar-refractivity contribution in [1.82, 2.24) is 26.1 Å². The predicted molar refractivity (Wildman–Crippen MR) is 96.6 cm³/mol. The van der Waals surface area contributed by atoms with E-state index < -0.39 is 0 Å². The lowest BCUT2D eigenvalue weighted by Gasteiger charge is -2.44. The Kier molecular flexibility index (Phi) is 5.29. The highest BCUT2D eigenvalue weighted by molar-refractivity contribution is 5.82. The van der Waals surface area contributed by atoms with E-state index in [1.165, 1.54) is 45.2 Å². The quantitative estimate of drug-likeness (QED) is 0.770. The molecule has 1 amide bonds. The summed E-state index contributed by atoms with van der Waals surface area (Å²) in [7, 11) is 0. The number of fused-ring (bicyclic) bond motifs is 1. The summed E-state index contributed by atoms with van der Waals surface area (Å²) in [6, 6.07) is 4.64. The minimum absolute atomic E-state index is 0.117. The van der Waals surface area contributed by atoms with Crippen molar-refractivity contribution in [2.24, 2.45) is 5.92 Å². The third-order valence-electron chi connectivity index (χ3n) is 6.07. The zero-order valence-electron chi connectivity index (χ0n) is 14.8. The lowest BCUT2D eigenvalue weighted by atomic mass is 9.83. The second-order valence-corrected chi connectivity index (χ2v) is 7.66. The number of carbonyl (C=O) groups is 1. The van der Waals surface area contributed by atoms with Gasteiger partial charge >= 0.3 is 0 Å². The van der Waals surface area contributed by atoms with Crippen LogP contribution in [0.2, 0.25) is 0 Å². The van der Waals surface area contributed by atoms with Gasteiger partial charge in [0.05, 0.1) is 0 Å².